The van der Waals surface area contributed by atoms with Crippen molar-refractivity contribution >= 4 is 40.7 Å². The Hall–Kier alpha value is -3.30. The summed E-state index contributed by atoms with van der Waals surface area (Å²) in [5.74, 6) is -1.04. The molecule has 0 bridgehead atoms. The molecule has 2 aliphatic rings. The molecule has 0 aliphatic carbocycles. The number of amides is 2. The first-order valence-electron chi connectivity index (χ1n) is 13.1. The zero-order valence-electron chi connectivity index (χ0n) is 21.8. The van der Waals surface area contributed by atoms with Crippen molar-refractivity contribution in [3.8, 4) is 0 Å². The van der Waals surface area contributed by atoms with Gasteiger partial charge in [-0.25, -0.2) is 9.40 Å². The molecule has 1 fully saturated rings. The Kier molecular flexibility index (Phi) is 9.11. The molecule has 3 aromatic rings. The average Bonchev–Trinajstić information content (AvgIpc) is 3.42. The van der Waals surface area contributed by atoms with Crippen molar-refractivity contribution < 1.29 is 18.7 Å². The van der Waals surface area contributed by atoms with Gasteiger partial charge in [0.25, 0.3) is 11.8 Å². The minimum Gasteiger partial charge on any atom is -0.379 e. The maximum Gasteiger partial charge on any atom is 0.262 e. The van der Waals surface area contributed by atoms with Crippen molar-refractivity contribution in [1.82, 2.24) is 14.8 Å². The maximum absolute atomic E-state index is 13.9. The number of hydrogen-bond acceptors (Lipinski definition) is 5. The van der Waals surface area contributed by atoms with Crippen LogP contribution in [-0.4, -0.2) is 78.3 Å². The maximum atomic E-state index is 13.9. The van der Waals surface area contributed by atoms with E-state index in [2.05, 4.69) is 10.0 Å². The standard InChI is InChI=1S/C30H29Cl2FN4O3/c31-25-7-3-1-5-23(25)28-19-27(21-9-11-22(33)12-10-21)34-37(28)29(38)20-36(14-13-35-15-17-40-18-16-35)30(39)24-6-2-4-8-26(24)32/h1-12,28H,13-20H2/t28-/m1/s1. The van der Waals surface area contributed by atoms with Crippen LogP contribution in [0.15, 0.2) is 77.9 Å². The first-order valence-corrected chi connectivity index (χ1v) is 13.9. The number of hydrogen-bond donors (Lipinski definition) is 0. The van der Waals surface area contributed by atoms with Gasteiger partial charge >= 0.3 is 0 Å². The van der Waals surface area contributed by atoms with Gasteiger partial charge in [0, 0.05) is 37.6 Å². The molecule has 5 rings (SSSR count). The summed E-state index contributed by atoms with van der Waals surface area (Å²) in [6.07, 6.45) is 0.396. The highest BCUT2D eigenvalue weighted by molar-refractivity contribution is 6.33. The smallest absolute Gasteiger partial charge is 0.262 e. The van der Waals surface area contributed by atoms with Gasteiger partial charge in [0.15, 0.2) is 0 Å². The molecule has 7 nitrogen and oxygen atoms in total. The predicted octanol–water partition coefficient (Wildman–Crippen LogP) is 5.28. The molecule has 40 heavy (non-hydrogen) atoms. The Bertz CT molecular complexity index is 1400. The molecule has 208 valence electrons. The summed E-state index contributed by atoms with van der Waals surface area (Å²) >= 11 is 12.9. The van der Waals surface area contributed by atoms with Crippen LogP contribution in [0, 0.1) is 5.82 Å². The number of halogens is 3. The number of morpholine rings is 1. The first-order chi connectivity index (χ1) is 19.4. The number of carbonyl (C=O) groups excluding carboxylic acids is 2. The van der Waals surface area contributed by atoms with Crippen molar-refractivity contribution in [2.75, 3.05) is 45.9 Å². The van der Waals surface area contributed by atoms with Crippen molar-refractivity contribution in [2.24, 2.45) is 5.10 Å². The Balaban J connectivity index is 1.43. The molecule has 1 saturated heterocycles. The van der Waals surface area contributed by atoms with Crippen LogP contribution in [0.25, 0.3) is 0 Å². The lowest BCUT2D eigenvalue weighted by Crippen LogP contribution is -2.46. The molecule has 2 amide bonds. The van der Waals surface area contributed by atoms with Gasteiger partial charge in [-0.1, -0.05) is 65.7 Å². The highest BCUT2D eigenvalue weighted by atomic mass is 35.5. The molecule has 10 heteroatoms. The summed E-state index contributed by atoms with van der Waals surface area (Å²) in [4.78, 5) is 31.3. The third-order valence-corrected chi connectivity index (χ3v) is 7.79. The number of rotatable bonds is 8. The summed E-state index contributed by atoms with van der Waals surface area (Å²) in [5, 5.41) is 6.91. The van der Waals surface area contributed by atoms with E-state index in [4.69, 9.17) is 27.9 Å². The summed E-state index contributed by atoms with van der Waals surface area (Å²) < 4.78 is 19.0. The van der Waals surface area contributed by atoms with Gasteiger partial charge in [-0.05, 0) is 41.5 Å². The van der Waals surface area contributed by atoms with Crippen LogP contribution in [0.1, 0.15) is 33.9 Å². The molecular formula is C30H29Cl2FN4O3. The van der Waals surface area contributed by atoms with Crippen LogP contribution < -0.4 is 0 Å². The van der Waals surface area contributed by atoms with Crippen LogP contribution >= 0.6 is 23.2 Å². The molecule has 0 saturated carbocycles. The Morgan fingerprint density at radius 1 is 0.950 bits per heavy atom. The Morgan fingerprint density at radius 3 is 2.33 bits per heavy atom. The fourth-order valence-electron chi connectivity index (χ4n) is 4.92. The van der Waals surface area contributed by atoms with Crippen LogP contribution in [0.2, 0.25) is 10.0 Å². The first kappa shape index (κ1) is 28.2. The summed E-state index contributed by atoms with van der Waals surface area (Å²) in [5.41, 5.74) is 2.43. The molecule has 2 aliphatic heterocycles. The van der Waals surface area contributed by atoms with E-state index in [-0.39, 0.29) is 24.2 Å². The van der Waals surface area contributed by atoms with Gasteiger partial charge in [0.05, 0.1) is 35.6 Å². The Labute approximate surface area is 242 Å². The van der Waals surface area contributed by atoms with E-state index in [1.165, 1.54) is 22.0 Å². The highest BCUT2D eigenvalue weighted by Gasteiger charge is 2.35. The molecule has 2 heterocycles. The Morgan fingerprint density at radius 2 is 1.62 bits per heavy atom. The fraction of sp³-hybridized carbons (Fsp3) is 0.300. The van der Waals surface area contributed by atoms with Gasteiger partial charge in [-0.3, -0.25) is 14.5 Å². The molecule has 1 atom stereocenters. The van der Waals surface area contributed by atoms with Gasteiger partial charge in [0.2, 0.25) is 0 Å². The normalized spacial score (nSPS) is 17.5. The molecular weight excluding hydrogens is 554 g/mol. The highest BCUT2D eigenvalue weighted by Crippen LogP contribution is 2.36. The van der Waals surface area contributed by atoms with Crippen molar-refractivity contribution in [1.29, 1.82) is 0 Å². The number of nitrogens with zero attached hydrogens (tertiary/aromatic N) is 4. The average molecular weight is 583 g/mol. The number of carbonyl (C=O) groups is 2. The van der Waals surface area contributed by atoms with Gasteiger partial charge in [-0.15, -0.1) is 0 Å². The lowest BCUT2D eigenvalue weighted by Gasteiger charge is -2.31. The topological polar surface area (TPSA) is 65.5 Å². The number of benzene rings is 3. The monoisotopic (exact) mass is 582 g/mol. The number of hydrazone groups is 1. The largest absolute Gasteiger partial charge is 0.379 e. The SMILES string of the molecule is O=C(c1ccccc1Cl)N(CCN1CCOCC1)CC(=O)N1N=C(c2ccc(F)cc2)C[C@@H]1c1ccccc1Cl. The minimum atomic E-state index is -0.474. The summed E-state index contributed by atoms with van der Waals surface area (Å²) in [6, 6.07) is 19.7. The molecule has 0 aromatic heterocycles. The quantitative estimate of drug-likeness (QED) is 0.362. The zero-order chi connectivity index (χ0) is 28.1. The van der Waals surface area contributed by atoms with Gasteiger partial charge in [0.1, 0.15) is 12.4 Å². The van der Waals surface area contributed by atoms with Crippen LogP contribution in [0.5, 0.6) is 0 Å². The second kappa shape index (κ2) is 12.9. The van der Waals surface area contributed by atoms with Crippen molar-refractivity contribution in [3.63, 3.8) is 0 Å². The van der Waals surface area contributed by atoms with E-state index in [0.717, 1.165) is 18.7 Å². The van der Waals surface area contributed by atoms with Crippen LogP contribution in [0.4, 0.5) is 4.39 Å². The fourth-order valence-corrected chi connectivity index (χ4v) is 5.40. The molecule has 0 unspecified atom stereocenters. The van der Waals surface area contributed by atoms with E-state index in [1.807, 2.05) is 18.2 Å². The van der Waals surface area contributed by atoms with Crippen LogP contribution in [-0.2, 0) is 9.53 Å². The van der Waals surface area contributed by atoms with Crippen molar-refractivity contribution in [2.45, 2.75) is 12.5 Å². The lowest BCUT2D eigenvalue weighted by molar-refractivity contribution is -0.133. The van der Waals surface area contributed by atoms with E-state index in [0.29, 0.717) is 59.6 Å². The molecule has 3 aromatic carbocycles. The lowest BCUT2D eigenvalue weighted by atomic mass is 9.98. The molecule has 0 spiro atoms. The molecule has 0 radical (unpaired) electrons. The molecule has 0 N–H and O–H groups in total. The third-order valence-electron chi connectivity index (χ3n) is 7.12. The van der Waals surface area contributed by atoms with E-state index in [9.17, 15) is 14.0 Å². The van der Waals surface area contributed by atoms with Crippen molar-refractivity contribution in [3.05, 3.63) is 105 Å². The predicted molar refractivity (Wildman–Crippen MR) is 153 cm³/mol. The zero-order valence-corrected chi connectivity index (χ0v) is 23.3. The van der Waals surface area contributed by atoms with Gasteiger partial charge in [-0.2, -0.15) is 5.10 Å². The van der Waals surface area contributed by atoms with E-state index in [1.54, 1.807) is 42.5 Å². The third kappa shape index (κ3) is 6.53. The van der Waals surface area contributed by atoms with E-state index >= 15 is 0 Å². The minimum absolute atomic E-state index is 0.199. The summed E-state index contributed by atoms with van der Waals surface area (Å²) in [6.45, 7) is 3.49. The van der Waals surface area contributed by atoms with E-state index < -0.39 is 6.04 Å². The number of ether oxygens (including phenoxy) is 1. The van der Waals surface area contributed by atoms with Crippen LogP contribution in [0.3, 0.4) is 0 Å². The summed E-state index contributed by atoms with van der Waals surface area (Å²) in [7, 11) is 0. The second-order valence-corrected chi connectivity index (χ2v) is 10.5. The second-order valence-electron chi connectivity index (χ2n) is 9.69. The van der Waals surface area contributed by atoms with Gasteiger partial charge < -0.3 is 9.64 Å².